The number of carbonyl (C=O) groups excluding carboxylic acids is 2. The van der Waals surface area contributed by atoms with Crippen molar-refractivity contribution in [1.82, 2.24) is 5.32 Å². The molecule has 5 rings (SSSR count). The van der Waals surface area contributed by atoms with Crippen LogP contribution < -0.4 is 10.1 Å². The van der Waals surface area contributed by atoms with Crippen LogP contribution in [-0.4, -0.2) is 18.7 Å². The van der Waals surface area contributed by atoms with Crippen molar-refractivity contribution in [2.45, 2.75) is 12.0 Å². The first-order chi connectivity index (χ1) is 18.8. The zero-order valence-corrected chi connectivity index (χ0v) is 19.9. The summed E-state index contributed by atoms with van der Waals surface area (Å²) in [4.78, 5) is 25.7. The van der Waals surface area contributed by atoms with Crippen LogP contribution in [0.5, 0.6) is 5.75 Å². The number of carbonyl (C=O) groups is 2. The molecule has 0 heterocycles. The predicted molar refractivity (Wildman–Crippen MR) is 129 cm³/mol. The number of alkyl carbamates (subject to hydrolysis) is 1. The lowest BCUT2D eigenvalue weighted by atomic mass is 9.98. The summed E-state index contributed by atoms with van der Waals surface area (Å²) >= 11 is 0. The van der Waals surface area contributed by atoms with Crippen LogP contribution in [0.2, 0.25) is 0 Å². The Balaban J connectivity index is 1.36. The van der Waals surface area contributed by atoms with Gasteiger partial charge in [-0.15, -0.1) is 0 Å². The second kappa shape index (κ2) is 10.6. The Hall–Kier alpha value is -4.73. The summed E-state index contributed by atoms with van der Waals surface area (Å²) in [5, 5.41) is 2.26. The monoisotopic (exact) mass is 539 g/mol. The average molecular weight is 539 g/mol. The minimum absolute atomic E-state index is 0.103. The molecule has 0 aliphatic heterocycles. The molecule has 198 valence electrons. The molecule has 1 aliphatic rings. The molecule has 1 N–H and O–H groups in total. The van der Waals surface area contributed by atoms with Crippen LogP contribution in [-0.2, 0) is 9.53 Å². The zero-order valence-electron chi connectivity index (χ0n) is 19.9. The third-order valence-electron chi connectivity index (χ3n) is 6.35. The summed E-state index contributed by atoms with van der Waals surface area (Å²) in [6.45, 7) is -0.103. The number of halogens is 5. The fourth-order valence-electron chi connectivity index (χ4n) is 4.52. The van der Waals surface area contributed by atoms with E-state index in [-0.39, 0.29) is 18.1 Å². The van der Waals surface area contributed by atoms with Crippen molar-refractivity contribution in [2.24, 2.45) is 0 Å². The Morgan fingerprint density at radius 3 is 1.74 bits per heavy atom. The number of fused-ring (bicyclic) bond motifs is 3. The zero-order chi connectivity index (χ0) is 27.7. The lowest BCUT2D eigenvalue weighted by molar-refractivity contribution is -0.137. The summed E-state index contributed by atoms with van der Waals surface area (Å²) in [5.41, 5.74) is 3.99. The number of hydrogen-bond acceptors (Lipinski definition) is 4. The van der Waals surface area contributed by atoms with Crippen molar-refractivity contribution < 1.29 is 41.0 Å². The van der Waals surface area contributed by atoms with Crippen LogP contribution in [0.15, 0.2) is 78.9 Å². The molecule has 0 spiro atoms. The number of nitrogens with one attached hydrogen (secondary N) is 1. The lowest BCUT2D eigenvalue weighted by Gasteiger charge is -2.20. The maximum atomic E-state index is 14.1. The van der Waals surface area contributed by atoms with Crippen molar-refractivity contribution in [3.8, 4) is 16.9 Å². The number of benzene rings is 4. The van der Waals surface area contributed by atoms with Gasteiger partial charge in [-0.1, -0.05) is 78.9 Å². The molecule has 10 heteroatoms. The van der Waals surface area contributed by atoms with Crippen molar-refractivity contribution in [3.63, 3.8) is 0 Å². The second-order valence-corrected chi connectivity index (χ2v) is 8.63. The molecule has 4 aromatic carbocycles. The smallest absolute Gasteiger partial charge is 0.408 e. The quantitative estimate of drug-likeness (QED) is 0.0990. The van der Waals surface area contributed by atoms with Gasteiger partial charge in [-0.3, -0.25) is 0 Å². The molecule has 1 aliphatic carbocycles. The highest BCUT2D eigenvalue weighted by Crippen LogP contribution is 2.44. The van der Waals surface area contributed by atoms with Gasteiger partial charge in [-0.25, -0.2) is 22.8 Å². The van der Waals surface area contributed by atoms with Crippen molar-refractivity contribution in [1.29, 1.82) is 0 Å². The van der Waals surface area contributed by atoms with E-state index in [1.165, 1.54) is 24.3 Å². The molecule has 0 fully saturated rings. The van der Waals surface area contributed by atoms with E-state index in [1.54, 1.807) is 6.07 Å². The van der Waals surface area contributed by atoms with Crippen LogP contribution in [0.4, 0.5) is 26.7 Å². The molecule has 39 heavy (non-hydrogen) atoms. The van der Waals surface area contributed by atoms with Crippen LogP contribution in [0, 0.1) is 29.1 Å². The van der Waals surface area contributed by atoms with Gasteiger partial charge in [0.15, 0.2) is 6.04 Å². The van der Waals surface area contributed by atoms with Crippen molar-refractivity contribution >= 4 is 12.1 Å². The van der Waals surface area contributed by atoms with Gasteiger partial charge in [0.2, 0.25) is 34.8 Å². The van der Waals surface area contributed by atoms with Gasteiger partial charge in [0.05, 0.1) is 0 Å². The Labute approximate surface area is 218 Å². The number of ether oxygens (including phenoxy) is 2. The van der Waals surface area contributed by atoms with Gasteiger partial charge in [0, 0.05) is 5.92 Å². The fraction of sp³-hybridized carbons (Fsp3) is 0.103. The van der Waals surface area contributed by atoms with Gasteiger partial charge in [-0.05, 0) is 27.8 Å². The van der Waals surface area contributed by atoms with E-state index in [1.807, 2.05) is 48.5 Å². The molecule has 1 atom stereocenters. The Morgan fingerprint density at radius 1 is 0.692 bits per heavy atom. The van der Waals surface area contributed by atoms with Crippen LogP contribution >= 0.6 is 0 Å². The predicted octanol–water partition coefficient (Wildman–Crippen LogP) is 6.57. The molecule has 0 saturated carbocycles. The van der Waals surface area contributed by atoms with Crippen molar-refractivity contribution in [3.05, 3.63) is 125 Å². The van der Waals surface area contributed by atoms with Gasteiger partial charge < -0.3 is 14.8 Å². The largest absolute Gasteiger partial charge is 0.449 e. The van der Waals surface area contributed by atoms with E-state index in [9.17, 15) is 31.5 Å². The molecular weight excluding hydrogens is 521 g/mol. The van der Waals surface area contributed by atoms with Crippen LogP contribution in [0.1, 0.15) is 28.7 Å². The first kappa shape index (κ1) is 25.9. The highest BCUT2D eigenvalue weighted by molar-refractivity contribution is 5.84. The van der Waals surface area contributed by atoms with E-state index >= 15 is 0 Å². The maximum Gasteiger partial charge on any atom is 0.408 e. The van der Waals surface area contributed by atoms with Gasteiger partial charge >= 0.3 is 12.1 Å². The van der Waals surface area contributed by atoms with Gasteiger partial charge in [-0.2, -0.15) is 8.78 Å². The molecule has 4 aromatic rings. The van der Waals surface area contributed by atoms with E-state index < -0.39 is 52.9 Å². The number of hydrogen-bond donors (Lipinski definition) is 1. The minimum atomic E-state index is -2.40. The number of esters is 1. The summed E-state index contributed by atoms with van der Waals surface area (Å²) in [6.07, 6.45) is -1.07. The molecule has 0 radical (unpaired) electrons. The third-order valence-corrected chi connectivity index (χ3v) is 6.35. The molecule has 0 aromatic heterocycles. The summed E-state index contributed by atoms with van der Waals surface area (Å²) in [7, 11) is 0. The molecule has 0 bridgehead atoms. The van der Waals surface area contributed by atoms with E-state index in [2.05, 4.69) is 10.1 Å². The fourth-order valence-corrected chi connectivity index (χ4v) is 4.52. The standard InChI is InChI=1S/C29H18F5NO4/c30-21-22(31)24(33)27(25(34)23(21)32)39-28(36)26(15-8-2-1-3-9-15)35-29(37)38-14-20-18-12-6-4-10-16(18)17-11-5-7-13-19(17)20/h1-13,20,26H,14H2,(H,35,37)/t26-/m1/s1. The van der Waals surface area contributed by atoms with E-state index in [4.69, 9.17) is 4.74 Å². The summed E-state index contributed by atoms with van der Waals surface area (Å²) < 4.78 is 78.8. The Bertz CT molecular complexity index is 1500. The van der Waals surface area contributed by atoms with E-state index in [0.29, 0.717) is 0 Å². The van der Waals surface area contributed by atoms with Crippen LogP contribution in [0.3, 0.4) is 0 Å². The Kier molecular flexibility index (Phi) is 7.02. The average Bonchev–Trinajstić information content (AvgIpc) is 3.29. The highest BCUT2D eigenvalue weighted by Gasteiger charge is 2.33. The van der Waals surface area contributed by atoms with Gasteiger partial charge in [0.25, 0.3) is 0 Å². The first-order valence-corrected chi connectivity index (χ1v) is 11.7. The molecule has 0 unspecified atom stereocenters. The van der Waals surface area contributed by atoms with E-state index in [0.717, 1.165) is 22.3 Å². The SMILES string of the molecule is O=C(N[C@@H](C(=O)Oc1c(F)c(F)c(F)c(F)c1F)c1ccccc1)OCC1c2ccccc2-c2ccccc21. The topological polar surface area (TPSA) is 64.6 Å². The van der Waals surface area contributed by atoms with Crippen LogP contribution in [0.25, 0.3) is 11.1 Å². The maximum absolute atomic E-state index is 14.1. The van der Waals surface area contributed by atoms with Crippen molar-refractivity contribution in [2.75, 3.05) is 6.61 Å². The summed E-state index contributed by atoms with van der Waals surface area (Å²) in [5.74, 6) is -15.2. The highest BCUT2D eigenvalue weighted by atomic mass is 19.2. The first-order valence-electron chi connectivity index (χ1n) is 11.7. The Morgan fingerprint density at radius 2 is 1.18 bits per heavy atom. The minimum Gasteiger partial charge on any atom is -0.449 e. The molecular formula is C29H18F5NO4. The normalized spacial score (nSPS) is 12.8. The molecule has 5 nitrogen and oxygen atoms in total. The molecule has 1 amide bonds. The third kappa shape index (κ3) is 4.81. The molecule has 0 saturated heterocycles. The number of rotatable bonds is 6. The lowest BCUT2D eigenvalue weighted by Crippen LogP contribution is -2.37. The number of amides is 1. The summed E-state index contributed by atoms with van der Waals surface area (Å²) in [6, 6.07) is 21.0. The second-order valence-electron chi connectivity index (χ2n) is 8.63. The van der Waals surface area contributed by atoms with Gasteiger partial charge in [0.1, 0.15) is 6.61 Å².